The van der Waals surface area contributed by atoms with E-state index >= 15 is 0 Å². The van der Waals surface area contributed by atoms with E-state index in [4.69, 9.17) is 27.9 Å². The van der Waals surface area contributed by atoms with Gasteiger partial charge in [-0.25, -0.2) is 4.79 Å². The van der Waals surface area contributed by atoms with Crippen molar-refractivity contribution in [2.75, 3.05) is 43.4 Å². The van der Waals surface area contributed by atoms with Crippen molar-refractivity contribution in [3.63, 3.8) is 0 Å². The fourth-order valence-electron chi connectivity index (χ4n) is 5.24. The standard InChI is InChI=1S/C26H28Cl2N4O5S/c1-16-17(2)32(9-8-31(16)20-5-3-4-19(27)11-20)24(34)18-6-7-22(21(28)10-18)38(36)12-23(33)30-13-26(14-30)15-37-25(35)29-26/h3-7,10-11,16-17H,8-9,12-15H2,1-2H3,(H,29,35)/t16-,17-,38?/m0/s1. The normalized spacial score (nSPS) is 23.1. The number of benzene rings is 2. The van der Waals surface area contributed by atoms with Gasteiger partial charge in [0.25, 0.3) is 5.91 Å². The zero-order valence-electron chi connectivity index (χ0n) is 21.0. The topological polar surface area (TPSA) is 99.3 Å². The Morgan fingerprint density at radius 3 is 2.53 bits per heavy atom. The van der Waals surface area contributed by atoms with Crippen LogP contribution in [-0.2, 0) is 20.3 Å². The van der Waals surface area contributed by atoms with Crippen molar-refractivity contribution in [3.05, 3.63) is 58.1 Å². The molecule has 2 aromatic carbocycles. The average molecular weight is 580 g/mol. The lowest BCUT2D eigenvalue weighted by Crippen LogP contribution is -2.70. The van der Waals surface area contributed by atoms with Gasteiger partial charge in [0.1, 0.15) is 17.9 Å². The van der Waals surface area contributed by atoms with Crippen LogP contribution < -0.4 is 10.2 Å². The summed E-state index contributed by atoms with van der Waals surface area (Å²) in [5, 5.41) is 3.56. The van der Waals surface area contributed by atoms with E-state index < -0.39 is 22.4 Å². The van der Waals surface area contributed by atoms with Crippen LogP contribution in [0.4, 0.5) is 10.5 Å². The monoisotopic (exact) mass is 578 g/mol. The zero-order valence-corrected chi connectivity index (χ0v) is 23.3. The number of ether oxygens (including phenoxy) is 1. The molecule has 12 heteroatoms. The van der Waals surface area contributed by atoms with Gasteiger partial charge in [0, 0.05) is 54.5 Å². The molecule has 1 N–H and O–H groups in total. The minimum atomic E-state index is -1.68. The summed E-state index contributed by atoms with van der Waals surface area (Å²) >= 11 is 12.6. The summed E-state index contributed by atoms with van der Waals surface area (Å²) in [5.74, 6) is -0.693. The molecule has 3 aliphatic rings. The Morgan fingerprint density at radius 1 is 1.11 bits per heavy atom. The second kappa shape index (κ2) is 10.4. The van der Waals surface area contributed by atoms with E-state index in [0.717, 1.165) is 5.69 Å². The number of likely N-dealkylation sites (tertiary alicyclic amines) is 1. The molecule has 0 radical (unpaired) electrons. The predicted molar refractivity (Wildman–Crippen MR) is 145 cm³/mol. The Hall–Kier alpha value is -2.82. The summed E-state index contributed by atoms with van der Waals surface area (Å²) in [6, 6.07) is 12.4. The van der Waals surface area contributed by atoms with Crippen molar-refractivity contribution in [1.29, 1.82) is 0 Å². The lowest BCUT2D eigenvalue weighted by molar-refractivity contribution is -0.136. The highest BCUT2D eigenvalue weighted by atomic mass is 35.5. The van der Waals surface area contributed by atoms with Crippen molar-refractivity contribution >= 4 is 57.6 Å². The third kappa shape index (κ3) is 5.09. The molecule has 3 atom stereocenters. The Labute approximate surface area is 233 Å². The molecular formula is C26H28Cl2N4O5S. The Bertz CT molecular complexity index is 1320. The van der Waals surface area contributed by atoms with Crippen molar-refractivity contribution in [2.24, 2.45) is 0 Å². The minimum absolute atomic E-state index is 0.0594. The Kier molecular flexibility index (Phi) is 7.32. The van der Waals surface area contributed by atoms with E-state index in [9.17, 15) is 18.6 Å². The number of nitrogens with zero attached hydrogens (tertiary/aromatic N) is 3. The molecule has 2 aromatic rings. The number of rotatable bonds is 5. The number of halogens is 2. The number of nitrogens with one attached hydrogen (secondary N) is 1. The maximum absolute atomic E-state index is 13.4. The number of cyclic esters (lactones) is 1. The number of amides is 3. The molecule has 0 saturated carbocycles. The summed E-state index contributed by atoms with van der Waals surface area (Å²) in [4.78, 5) is 43.2. The molecule has 9 nitrogen and oxygen atoms in total. The number of hydrogen-bond acceptors (Lipinski definition) is 6. The third-order valence-electron chi connectivity index (χ3n) is 7.53. The fraction of sp³-hybridized carbons (Fsp3) is 0.423. The minimum Gasteiger partial charge on any atom is -0.447 e. The van der Waals surface area contributed by atoms with Gasteiger partial charge in [0.2, 0.25) is 5.91 Å². The molecule has 3 heterocycles. The van der Waals surface area contributed by atoms with Crippen molar-refractivity contribution < 1.29 is 23.3 Å². The zero-order chi connectivity index (χ0) is 27.2. The summed E-state index contributed by atoms with van der Waals surface area (Å²) in [6.07, 6.45) is -0.492. The molecule has 0 bridgehead atoms. The molecule has 202 valence electrons. The molecule has 3 amide bonds. The fourth-order valence-corrected chi connectivity index (χ4v) is 6.92. The molecule has 1 spiro atoms. The van der Waals surface area contributed by atoms with Gasteiger partial charge >= 0.3 is 6.09 Å². The van der Waals surface area contributed by atoms with Crippen molar-refractivity contribution in [1.82, 2.24) is 15.1 Å². The molecule has 38 heavy (non-hydrogen) atoms. The van der Waals surface area contributed by atoms with Crippen LogP contribution in [0.2, 0.25) is 10.0 Å². The smallest absolute Gasteiger partial charge is 0.407 e. The average Bonchev–Trinajstić information content (AvgIpc) is 3.26. The number of anilines is 1. The van der Waals surface area contributed by atoms with Gasteiger partial charge in [0.15, 0.2) is 0 Å². The predicted octanol–water partition coefficient (Wildman–Crippen LogP) is 3.16. The molecule has 1 unspecified atom stereocenters. The van der Waals surface area contributed by atoms with Crippen LogP contribution in [0.5, 0.6) is 0 Å². The van der Waals surface area contributed by atoms with Crippen LogP contribution in [0.1, 0.15) is 24.2 Å². The summed E-state index contributed by atoms with van der Waals surface area (Å²) in [6.45, 7) is 6.12. The molecule has 0 aliphatic carbocycles. The SMILES string of the molecule is C[C@H]1[C@H](C)N(c2cccc(Cl)c2)CCN1C(=O)c1ccc(S(=O)CC(=O)N2CC3(COC(=O)N3)C2)c(Cl)c1. The van der Waals surface area contributed by atoms with Gasteiger partial charge in [-0.05, 0) is 50.2 Å². The van der Waals surface area contributed by atoms with Crippen LogP contribution >= 0.6 is 23.2 Å². The molecular weight excluding hydrogens is 551 g/mol. The van der Waals surface area contributed by atoms with Gasteiger partial charge in [-0.2, -0.15) is 0 Å². The highest BCUT2D eigenvalue weighted by Gasteiger charge is 2.51. The van der Waals surface area contributed by atoms with E-state index in [0.29, 0.717) is 41.7 Å². The Balaban J connectivity index is 1.21. The van der Waals surface area contributed by atoms with Crippen LogP contribution in [0.15, 0.2) is 47.4 Å². The molecule has 3 aliphatic heterocycles. The van der Waals surface area contributed by atoms with Crippen LogP contribution in [0, 0.1) is 0 Å². The van der Waals surface area contributed by atoms with E-state index in [1.54, 1.807) is 12.1 Å². The molecule has 3 saturated heterocycles. The number of carbonyl (C=O) groups is 3. The van der Waals surface area contributed by atoms with Crippen LogP contribution in [0.3, 0.4) is 0 Å². The van der Waals surface area contributed by atoms with Crippen molar-refractivity contribution in [3.8, 4) is 0 Å². The lowest BCUT2D eigenvalue weighted by atomic mass is 9.92. The van der Waals surface area contributed by atoms with Gasteiger partial charge in [-0.3, -0.25) is 13.8 Å². The first kappa shape index (κ1) is 26.8. The van der Waals surface area contributed by atoms with Gasteiger partial charge in [-0.15, -0.1) is 0 Å². The molecule has 3 fully saturated rings. The highest BCUT2D eigenvalue weighted by molar-refractivity contribution is 7.85. The number of hydrogen-bond donors (Lipinski definition) is 1. The maximum atomic E-state index is 13.4. The van der Waals surface area contributed by atoms with Gasteiger partial charge < -0.3 is 24.8 Å². The van der Waals surface area contributed by atoms with Crippen LogP contribution in [0.25, 0.3) is 0 Å². The molecule has 5 rings (SSSR count). The maximum Gasteiger partial charge on any atom is 0.407 e. The first-order valence-electron chi connectivity index (χ1n) is 12.3. The highest BCUT2D eigenvalue weighted by Crippen LogP contribution is 2.30. The quantitative estimate of drug-likeness (QED) is 0.585. The summed E-state index contributed by atoms with van der Waals surface area (Å²) < 4.78 is 17.9. The summed E-state index contributed by atoms with van der Waals surface area (Å²) in [5.41, 5.74) is 0.879. The molecule has 0 aromatic heterocycles. The number of piperazine rings is 1. The Morgan fingerprint density at radius 2 is 1.87 bits per heavy atom. The lowest BCUT2D eigenvalue weighted by Gasteiger charge is -2.46. The second-order valence-corrected chi connectivity index (χ2v) is 12.3. The van der Waals surface area contributed by atoms with E-state index in [1.807, 2.05) is 36.1 Å². The van der Waals surface area contributed by atoms with Gasteiger partial charge in [0.05, 0.1) is 20.7 Å². The number of carbonyl (C=O) groups excluding carboxylic acids is 3. The first-order valence-corrected chi connectivity index (χ1v) is 14.4. The van der Waals surface area contributed by atoms with Gasteiger partial charge in [-0.1, -0.05) is 29.3 Å². The third-order valence-corrected chi connectivity index (χ3v) is 9.54. The second-order valence-electron chi connectivity index (χ2n) is 10.0. The van der Waals surface area contributed by atoms with Crippen LogP contribution in [-0.4, -0.2) is 88.1 Å². The largest absolute Gasteiger partial charge is 0.447 e. The number of alkyl carbamates (subject to hydrolysis) is 1. The summed E-state index contributed by atoms with van der Waals surface area (Å²) in [7, 11) is -1.68. The van der Waals surface area contributed by atoms with Crippen molar-refractivity contribution in [2.45, 2.75) is 36.4 Å². The van der Waals surface area contributed by atoms with E-state index in [-0.39, 0.29) is 41.3 Å². The first-order chi connectivity index (χ1) is 18.1. The van der Waals surface area contributed by atoms with E-state index in [1.165, 1.54) is 11.0 Å². The van der Waals surface area contributed by atoms with E-state index in [2.05, 4.69) is 17.1 Å².